The molecule has 0 saturated heterocycles. The lowest BCUT2D eigenvalue weighted by Crippen LogP contribution is -1.88. The first-order valence-corrected chi connectivity index (χ1v) is 6.39. The lowest BCUT2D eigenvalue weighted by Gasteiger charge is -2.02. The normalized spacial score (nSPS) is 11.2. The van der Waals surface area contributed by atoms with Crippen LogP contribution in [0.1, 0.15) is 5.69 Å². The Bertz CT molecular complexity index is 930. The standard InChI is InChI=1S/C16H12N4/c1-2-12-8-18-15-6-5-11(10-20(12)15)14-9-19-16-13(14)4-3-7-17-16/h2-10H,1H2,(H,17,19). The van der Waals surface area contributed by atoms with Crippen LogP contribution in [0.25, 0.3) is 33.9 Å². The van der Waals surface area contributed by atoms with Crippen molar-refractivity contribution in [2.75, 3.05) is 0 Å². The Morgan fingerprint density at radius 3 is 3.05 bits per heavy atom. The van der Waals surface area contributed by atoms with Gasteiger partial charge < -0.3 is 4.98 Å². The molecule has 4 aromatic rings. The van der Waals surface area contributed by atoms with Crippen molar-refractivity contribution in [1.29, 1.82) is 0 Å². The summed E-state index contributed by atoms with van der Waals surface area (Å²) in [6, 6.07) is 8.10. The molecule has 0 fully saturated rings. The maximum atomic E-state index is 4.35. The smallest absolute Gasteiger partial charge is 0.137 e. The van der Waals surface area contributed by atoms with E-state index in [-0.39, 0.29) is 0 Å². The van der Waals surface area contributed by atoms with Gasteiger partial charge in [-0.3, -0.25) is 4.40 Å². The van der Waals surface area contributed by atoms with Crippen molar-refractivity contribution in [2.24, 2.45) is 0 Å². The predicted molar refractivity (Wildman–Crippen MR) is 80.4 cm³/mol. The summed E-state index contributed by atoms with van der Waals surface area (Å²) in [6.07, 6.45) is 9.49. The number of imidazole rings is 1. The van der Waals surface area contributed by atoms with Gasteiger partial charge in [0.25, 0.3) is 0 Å². The first kappa shape index (κ1) is 11.0. The van der Waals surface area contributed by atoms with Crippen LogP contribution < -0.4 is 0 Å². The zero-order valence-corrected chi connectivity index (χ0v) is 10.7. The van der Waals surface area contributed by atoms with E-state index in [1.54, 1.807) is 12.3 Å². The van der Waals surface area contributed by atoms with Crippen LogP contribution >= 0.6 is 0 Å². The van der Waals surface area contributed by atoms with Gasteiger partial charge in [0.15, 0.2) is 0 Å². The number of rotatable bonds is 2. The molecule has 0 bridgehead atoms. The Kier molecular flexibility index (Phi) is 2.23. The van der Waals surface area contributed by atoms with Gasteiger partial charge in [-0.2, -0.15) is 0 Å². The third-order valence-electron chi connectivity index (χ3n) is 3.51. The Hall–Kier alpha value is -2.88. The summed E-state index contributed by atoms with van der Waals surface area (Å²) in [5.41, 5.74) is 5.06. The zero-order chi connectivity index (χ0) is 13.5. The Labute approximate surface area is 115 Å². The van der Waals surface area contributed by atoms with E-state index < -0.39 is 0 Å². The minimum absolute atomic E-state index is 0.900. The average molecular weight is 260 g/mol. The topological polar surface area (TPSA) is 46.0 Å². The van der Waals surface area contributed by atoms with Crippen molar-refractivity contribution >= 4 is 22.8 Å². The van der Waals surface area contributed by atoms with Crippen LogP contribution in [0.5, 0.6) is 0 Å². The number of fused-ring (bicyclic) bond motifs is 2. The largest absolute Gasteiger partial charge is 0.346 e. The highest BCUT2D eigenvalue weighted by Gasteiger charge is 2.08. The van der Waals surface area contributed by atoms with Gasteiger partial charge in [0.05, 0.1) is 11.9 Å². The summed E-state index contributed by atoms with van der Waals surface area (Å²) in [6.45, 7) is 3.82. The van der Waals surface area contributed by atoms with Crippen molar-refractivity contribution in [1.82, 2.24) is 19.4 Å². The fraction of sp³-hybridized carbons (Fsp3) is 0. The van der Waals surface area contributed by atoms with Crippen LogP contribution in [-0.4, -0.2) is 19.4 Å². The summed E-state index contributed by atoms with van der Waals surface area (Å²) in [7, 11) is 0. The van der Waals surface area contributed by atoms with Crippen LogP contribution in [0, 0.1) is 0 Å². The number of aromatic amines is 1. The highest BCUT2D eigenvalue weighted by molar-refractivity contribution is 5.93. The molecule has 1 N–H and O–H groups in total. The van der Waals surface area contributed by atoms with Gasteiger partial charge >= 0.3 is 0 Å². The lowest BCUT2D eigenvalue weighted by molar-refractivity contribution is 1.17. The van der Waals surface area contributed by atoms with E-state index in [1.165, 1.54) is 0 Å². The van der Waals surface area contributed by atoms with E-state index in [4.69, 9.17) is 0 Å². The van der Waals surface area contributed by atoms with Gasteiger partial charge in [-0.15, -0.1) is 0 Å². The van der Waals surface area contributed by atoms with E-state index in [0.29, 0.717) is 0 Å². The maximum Gasteiger partial charge on any atom is 0.137 e. The predicted octanol–water partition coefficient (Wildman–Crippen LogP) is 3.52. The molecular weight excluding hydrogens is 248 g/mol. The summed E-state index contributed by atoms with van der Waals surface area (Å²) in [4.78, 5) is 11.9. The Balaban J connectivity index is 1.99. The fourth-order valence-corrected chi connectivity index (χ4v) is 2.50. The molecule has 0 aliphatic heterocycles. The third kappa shape index (κ3) is 1.48. The second-order valence-electron chi connectivity index (χ2n) is 4.64. The fourth-order valence-electron chi connectivity index (χ4n) is 2.50. The molecule has 0 unspecified atom stereocenters. The maximum absolute atomic E-state index is 4.35. The highest BCUT2D eigenvalue weighted by Crippen LogP contribution is 2.27. The Morgan fingerprint density at radius 2 is 2.15 bits per heavy atom. The molecule has 0 radical (unpaired) electrons. The summed E-state index contributed by atoms with van der Waals surface area (Å²) in [5.74, 6) is 0. The number of nitrogens with zero attached hydrogens (tertiary/aromatic N) is 3. The van der Waals surface area contributed by atoms with E-state index in [2.05, 4.69) is 39.9 Å². The van der Waals surface area contributed by atoms with Crippen molar-refractivity contribution < 1.29 is 0 Å². The SMILES string of the molecule is C=Cc1cnc2ccc(-c3c[nH]c4ncccc34)cn12. The molecule has 20 heavy (non-hydrogen) atoms. The molecule has 4 heterocycles. The van der Waals surface area contributed by atoms with Crippen LogP contribution in [-0.2, 0) is 0 Å². The summed E-state index contributed by atoms with van der Waals surface area (Å²) < 4.78 is 2.04. The number of H-pyrrole nitrogens is 1. The molecule has 96 valence electrons. The number of aromatic nitrogens is 4. The van der Waals surface area contributed by atoms with E-state index >= 15 is 0 Å². The molecule has 0 atom stereocenters. The second kappa shape index (κ2) is 4.06. The lowest BCUT2D eigenvalue weighted by atomic mass is 10.1. The monoisotopic (exact) mass is 260 g/mol. The quantitative estimate of drug-likeness (QED) is 0.599. The van der Waals surface area contributed by atoms with Crippen LogP contribution in [0.2, 0.25) is 0 Å². The van der Waals surface area contributed by atoms with Gasteiger partial charge in [0.1, 0.15) is 11.3 Å². The molecule has 0 amide bonds. The number of hydrogen-bond donors (Lipinski definition) is 1. The van der Waals surface area contributed by atoms with Crippen molar-refractivity contribution in [3.63, 3.8) is 0 Å². The molecule has 4 rings (SSSR count). The number of hydrogen-bond acceptors (Lipinski definition) is 2. The van der Waals surface area contributed by atoms with E-state index in [0.717, 1.165) is 33.5 Å². The molecular formula is C16H12N4. The first-order valence-electron chi connectivity index (χ1n) is 6.39. The molecule has 4 nitrogen and oxygen atoms in total. The third-order valence-corrected chi connectivity index (χ3v) is 3.51. The van der Waals surface area contributed by atoms with Crippen molar-refractivity contribution in [3.05, 3.63) is 61.3 Å². The van der Waals surface area contributed by atoms with Crippen molar-refractivity contribution in [3.8, 4) is 11.1 Å². The van der Waals surface area contributed by atoms with Gasteiger partial charge in [0.2, 0.25) is 0 Å². The minimum Gasteiger partial charge on any atom is -0.346 e. The number of nitrogens with one attached hydrogen (secondary N) is 1. The molecule has 0 aliphatic rings. The second-order valence-corrected chi connectivity index (χ2v) is 4.64. The number of pyridine rings is 2. The van der Waals surface area contributed by atoms with Gasteiger partial charge in [-0.1, -0.05) is 6.58 Å². The molecule has 4 heteroatoms. The molecule has 0 spiro atoms. The first-order chi connectivity index (χ1) is 9.86. The van der Waals surface area contributed by atoms with Crippen LogP contribution in [0.15, 0.2) is 55.6 Å². The zero-order valence-electron chi connectivity index (χ0n) is 10.7. The summed E-state index contributed by atoms with van der Waals surface area (Å²) in [5, 5.41) is 1.12. The van der Waals surface area contributed by atoms with Gasteiger partial charge in [-0.05, 0) is 30.3 Å². The van der Waals surface area contributed by atoms with Crippen molar-refractivity contribution in [2.45, 2.75) is 0 Å². The molecule has 0 aliphatic carbocycles. The molecule has 0 aromatic carbocycles. The highest BCUT2D eigenvalue weighted by atomic mass is 15.0. The van der Waals surface area contributed by atoms with Crippen LogP contribution in [0.3, 0.4) is 0 Å². The summed E-state index contributed by atoms with van der Waals surface area (Å²) >= 11 is 0. The molecule has 0 saturated carbocycles. The average Bonchev–Trinajstić information content (AvgIpc) is 3.10. The van der Waals surface area contributed by atoms with E-state index in [1.807, 2.05) is 28.9 Å². The Morgan fingerprint density at radius 1 is 1.20 bits per heavy atom. The van der Waals surface area contributed by atoms with E-state index in [9.17, 15) is 0 Å². The van der Waals surface area contributed by atoms with Crippen LogP contribution in [0.4, 0.5) is 0 Å². The van der Waals surface area contributed by atoms with Gasteiger partial charge in [0, 0.05) is 35.1 Å². The molecule has 4 aromatic heterocycles. The van der Waals surface area contributed by atoms with Gasteiger partial charge in [-0.25, -0.2) is 9.97 Å². The minimum atomic E-state index is 0.900.